The number of aryl methyl sites for hydroxylation is 1. The van der Waals surface area contributed by atoms with Gasteiger partial charge in [-0.3, -0.25) is 10.1 Å². The average molecular weight is 385 g/mol. The molecular formula is C16H14Cl2N2O3S. The van der Waals surface area contributed by atoms with Crippen LogP contribution in [0.2, 0.25) is 10.0 Å². The Hall–Kier alpha value is -2.02. The van der Waals surface area contributed by atoms with E-state index in [1.165, 1.54) is 12.1 Å². The molecule has 24 heavy (non-hydrogen) atoms. The molecule has 0 atom stereocenters. The Morgan fingerprint density at radius 1 is 1.21 bits per heavy atom. The van der Waals surface area contributed by atoms with Gasteiger partial charge in [-0.2, -0.15) is 0 Å². The molecule has 2 aromatic rings. The normalized spacial score (nSPS) is 10.1. The Kier molecular flexibility index (Phi) is 6.25. The van der Waals surface area contributed by atoms with Crippen molar-refractivity contribution >= 4 is 52.1 Å². The quantitative estimate of drug-likeness (QED) is 0.550. The number of hydrogen-bond donors (Lipinski definition) is 3. The number of ether oxygens (including phenoxy) is 1. The summed E-state index contributed by atoms with van der Waals surface area (Å²) in [4.78, 5) is 11.8. The number of rotatable bonds is 4. The van der Waals surface area contributed by atoms with Gasteiger partial charge in [0.05, 0.1) is 10.0 Å². The van der Waals surface area contributed by atoms with Crippen LogP contribution in [0.15, 0.2) is 36.4 Å². The molecule has 0 aliphatic rings. The second-order valence-corrected chi connectivity index (χ2v) is 6.12. The largest absolute Gasteiger partial charge is 0.505 e. The summed E-state index contributed by atoms with van der Waals surface area (Å²) in [6.07, 6.45) is 0. The Morgan fingerprint density at radius 3 is 2.38 bits per heavy atom. The number of amides is 1. The van der Waals surface area contributed by atoms with Crippen molar-refractivity contribution in [3.8, 4) is 11.5 Å². The first-order valence-electron chi connectivity index (χ1n) is 6.83. The maximum Gasteiger partial charge on any atom is 0.264 e. The molecule has 0 saturated carbocycles. The molecule has 1 amide bonds. The molecule has 2 rings (SSSR count). The van der Waals surface area contributed by atoms with Crippen LogP contribution in [0.3, 0.4) is 0 Å². The molecule has 0 saturated heterocycles. The molecule has 0 fully saturated rings. The van der Waals surface area contributed by atoms with Gasteiger partial charge in [-0.25, -0.2) is 0 Å². The average Bonchev–Trinajstić information content (AvgIpc) is 2.52. The summed E-state index contributed by atoms with van der Waals surface area (Å²) in [6, 6.07) is 10.2. The predicted octanol–water partition coefficient (Wildman–Crippen LogP) is 3.90. The molecule has 3 N–H and O–H groups in total. The van der Waals surface area contributed by atoms with Gasteiger partial charge in [-0.1, -0.05) is 40.9 Å². The van der Waals surface area contributed by atoms with Crippen molar-refractivity contribution in [3.63, 3.8) is 0 Å². The molecule has 0 heterocycles. The summed E-state index contributed by atoms with van der Waals surface area (Å²) in [5.41, 5.74) is 1.54. The number of halogens is 2. The highest BCUT2D eigenvalue weighted by Gasteiger charge is 2.10. The zero-order valence-corrected chi connectivity index (χ0v) is 14.9. The van der Waals surface area contributed by atoms with E-state index >= 15 is 0 Å². The predicted molar refractivity (Wildman–Crippen MR) is 99.2 cm³/mol. The first kappa shape index (κ1) is 18.3. The van der Waals surface area contributed by atoms with Crippen LogP contribution in [0.4, 0.5) is 5.69 Å². The Balaban J connectivity index is 1.85. The number of anilines is 1. The van der Waals surface area contributed by atoms with Crippen molar-refractivity contribution in [3.05, 3.63) is 52.0 Å². The van der Waals surface area contributed by atoms with Crippen molar-refractivity contribution in [2.75, 3.05) is 11.9 Å². The van der Waals surface area contributed by atoms with Crippen LogP contribution < -0.4 is 15.4 Å². The molecule has 0 aliphatic carbocycles. The zero-order chi connectivity index (χ0) is 17.7. The van der Waals surface area contributed by atoms with Gasteiger partial charge >= 0.3 is 0 Å². The van der Waals surface area contributed by atoms with E-state index in [4.69, 9.17) is 40.2 Å². The van der Waals surface area contributed by atoms with Gasteiger partial charge in [0.25, 0.3) is 5.91 Å². The topological polar surface area (TPSA) is 70.6 Å². The summed E-state index contributed by atoms with van der Waals surface area (Å²) < 4.78 is 5.35. The maximum absolute atomic E-state index is 11.8. The number of aromatic hydroxyl groups is 1. The summed E-state index contributed by atoms with van der Waals surface area (Å²) in [7, 11) is 0. The number of hydrogen-bond acceptors (Lipinski definition) is 4. The molecule has 2 aromatic carbocycles. The number of nitrogens with one attached hydrogen (secondary N) is 2. The lowest BCUT2D eigenvalue weighted by atomic mass is 10.2. The Bertz CT molecular complexity index is 743. The van der Waals surface area contributed by atoms with Crippen LogP contribution in [0, 0.1) is 6.92 Å². The lowest BCUT2D eigenvalue weighted by Gasteiger charge is -2.11. The highest BCUT2D eigenvalue weighted by atomic mass is 35.5. The minimum absolute atomic E-state index is 0.0605. The number of carbonyl (C=O) groups is 1. The molecule has 126 valence electrons. The second kappa shape index (κ2) is 8.19. The van der Waals surface area contributed by atoms with Crippen molar-refractivity contribution < 1.29 is 14.6 Å². The van der Waals surface area contributed by atoms with E-state index in [1.54, 1.807) is 12.1 Å². The molecule has 0 aromatic heterocycles. The van der Waals surface area contributed by atoms with E-state index in [2.05, 4.69) is 10.6 Å². The van der Waals surface area contributed by atoms with Gasteiger partial charge in [-0.05, 0) is 43.4 Å². The van der Waals surface area contributed by atoms with Gasteiger partial charge in [0.15, 0.2) is 17.5 Å². The third-order valence-corrected chi connectivity index (χ3v) is 3.70. The van der Waals surface area contributed by atoms with E-state index in [9.17, 15) is 9.90 Å². The summed E-state index contributed by atoms with van der Waals surface area (Å²) >= 11 is 16.7. The van der Waals surface area contributed by atoms with E-state index in [1.807, 2.05) is 19.1 Å². The third-order valence-electron chi connectivity index (χ3n) is 2.92. The minimum Gasteiger partial charge on any atom is -0.505 e. The SMILES string of the molecule is Cc1ccc(OCC(=O)NC(=S)Nc2cc(Cl)c(O)c(Cl)c2)cc1. The number of carbonyl (C=O) groups excluding carboxylic acids is 1. The summed E-state index contributed by atoms with van der Waals surface area (Å²) in [6.45, 7) is 1.78. The summed E-state index contributed by atoms with van der Waals surface area (Å²) in [5.74, 6) is -0.0406. The van der Waals surface area contributed by atoms with Gasteiger partial charge in [0, 0.05) is 5.69 Å². The smallest absolute Gasteiger partial charge is 0.264 e. The number of benzene rings is 2. The first-order valence-corrected chi connectivity index (χ1v) is 8.00. The van der Waals surface area contributed by atoms with E-state index in [-0.39, 0.29) is 27.5 Å². The lowest BCUT2D eigenvalue weighted by Crippen LogP contribution is -2.37. The van der Waals surface area contributed by atoms with Crippen molar-refractivity contribution in [1.82, 2.24) is 5.32 Å². The zero-order valence-electron chi connectivity index (χ0n) is 12.6. The minimum atomic E-state index is -0.413. The Labute approximate surface area is 154 Å². The van der Waals surface area contributed by atoms with Crippen molar-refractivity contribution in [2.24, 2.45) is 0 Å². The van der Waals surface area contributed by atoms with E-state index < -0.39 is 5.91 Å². The molecule has 0 spiro atoms. The lowest BCUT2D eigenvalue weighted by molar-refractivity contribution is -0.121. The van der Waals surface area contributed by atoms with Crippen LogP contribution in [0.25, 0.3) is 0 Å². The number of thiocarbonyl (C=S) groups is 1. The highest BCUT2D eigenvalue weighted by molar-refractivity contribution is 7.80. The van der Waals surface area contributed by atoms with Crippen LogP contribution in [-0.4, -0.2) is 22.7 Å². The Morgan fingerprint density at radius 2 is 1.79 bits per heavy atom. The standard InChI is InChI=1S/C16H14Cl2N2O3S/c1-9-2-4-11(5-3-9)23-8-14(21)20-16(24)19-10-6-12(17)15(22)13(18)7-10/h2-7,22H,8H2,1H3,(H2,19,20,21,24). The van der Waals surface area contributed by atoms with Crippen LogP contribution in [0.5, 0.6) is 11.5 Å². The molecule has 0 bridgehead atoms. The second-order valence-electron chi connectivity index (χ2n) is 4.89. The van der Waals surface area contributed by atoms with Crippen LogP contribution in [-0.2, 0) is 4.79 Å². The first-order chi connectivity index (χ1) is 11.3. The number of phenols is 1. The maximum atomic E-state index is 11.8. The van der Waals surface area contributed by atoms with E-state index in [0.29, 0.717) is 11.4 Å². The molecule has 0 aliphatic heterocycles. The third kappa shape index (κ3) is 5.26. The van der Waals surface area contributed by atoms with Gasteiger partial charge in [-0.15, -0.1) is 0 Å². The highest BCUT2D eigenvalue weighted by Crippen LogP contribution is 2.34. The molecular weight excluding hydrogens is 371 g/mol. The van der Waals surface area contributed by atoms with Crippen LogP contribution >= 0.6 is 35.4 Å². The fourth-order valence-corrected chi connectivity index (χ4v) is 2.46. The van der Waals surface area contributed by atoms with Crippen LogP contribution in [0.1, 0.15) is 5.56 Å². The number of phenolic OH excluding ortho intramolecular Hbond substituents is 1. The summed E-state index contributed by atoms with van der Waals surface area (Å²) in [5, 5.41) is 14.9. The fourth-order valence-electron chi connectivity index (χ4n) is 1.75. The van der Waals surface area contributed by atoms with Gasteiger partial charge < -0.3 is 15.2 Å². The molecule has 8 heteroatoms. The van der Waals surface area contributed by atoms with Gasteiger partial charge in [0.1, 0.15) is 5.75 Å². The molecule has 0 radical (unpaired) electrons. The van der Waals surface area contributed by atoms with E-state index in [0.717, 1.165) is 5.56 Å². The van der Waals surface area contributed by atoms with Crippen molar-refractivity contribution in [2.45, 2.75) is 6.92 Å². The molecule has 0 unspecified atom stereocenters. The van der Waals surface area contributed by atoms with Gasteiger partial charge in [0.2, 0.25) is 0 Å². The monoisotopic (exact) mass is 384 g/mol. The van der Waals surface area contributed by atoms with Crippen molar-refractivity contribution in [1.29, 1.82) is 0 Å². The fraction of sp³-hybridized carbons (Fsp3) is 0.125. The molecule has 5 nitrogen and oxygen atoms in total.